The molecule has 0 saturated carbocycles. The van der Waals surface area contributed by atoms with Crippen LogP contribution in [0.15, 0.2) is 12.4 Å². The number of fused-ring (bicyclic) bond motifs is 1. The zero-order chi connectivity index (χ0) is 15.4. The van der Waals surface area contributed by atoms with E-state index in [2.05, 4.69) is 22.0 Å². The Bertz CT molecular complexity index is 609. The summed E-state index contributed by atoms with van der Waals surface area (Å²) in [5, 5.41) is 4.42. The highest BCUT2D eigenvalue weighted by Gasteiger charge is 2.18. The minimum Gasteiger partial charge on any atom is -0.382 e. The molecule has 7 heteroatoms. The second kappa shape index (κ2) is 7.02. The molecule has 0 bridgehead atoms. The van der Waals surface area contributed by atoms with E-state index >= 15 is 0 Å². The summed E-state index contributed by atoms with van der Waals surface area (Å²) < 4.78 is 13.3. The number of rotatable bonds is 6. The molecule has 120 valence electrons. The molecule has 1 aliphatic rings. The quantitative estimate of drug-likeness (QED) is 0.881. The van der Waals surface area contributed by atoms with E-state index in [1.54, 1.807) is 12.4 Å². The maximum absolute atomic E-state index is 5.83. The van der Waals surface area contributed by atoms with E-state index in [4.69, 9.17) is 15.2 Å². The van der Waals surface area contributed by atoms with Gasteiger partial charge >= 0.3 is 0 Å². The molecule has 0 radical (unpaired) electrons. The minimum atomic E-state index is -0.0453. The number of nitrogen functional groups attached to an aromatic ring is 1. The first kappa shape index (κ1) is 15.2. The first-order valence-electron chi connectivity index (χ1n) is 7.97. The lowest BCUT2D eigenvalue weighted by Crippen LogP contribution is -2.24. The van der Waals surface area contributed by atoms with Gasteiger partial charge in [-0.15, -0.1) is 0 Å². The van der Waals surface area contributed by atoms with Crippen molar-refractivity contribution in [1.29, 1.82) is 0 Å². The van der Waals surface area contributed by atoms with Crippen LogP contribution >= 0.6 is 0 Å². The lowest BCUT2D eigenvalue weighted by molar-refractivity contribution is -0.163. The second-order valence-corrected chi connectivity index (χ2v) is 5.61. The molecule has 2 unspecified atom stereocenters. The van der Waals surface area contributed by atoms with E-state index < -0.39 is 0 Å². The highest BCUT2D eigenvalue weighted by molar-refractivity contribution is 5.70. The molecule has 1 saturated heterocycles. The number of nitrogens with two attached hydrogens (primary N) is 1. The number of hydrogen-bond acceptors (Lipinski definition) is 6. The summed E-state index contributed by atoms with van der Waals surface area (Å²) in [7, 11) is 0. The van der Waals surface area contributed by atoms with Crippen molar-refractivity contribution in [3.63, 3.8) is 0 Å². The van der Waals surface area contributed by atoms with Gasteiger partial charge in [0.25, 0.3) is 0 Å². The SMILES string of the molecule is CCC(CCOC1CCCCO1)n1ncc2ncc(N)nc21. The van der Waals surface area contributed by atoms with Gasteiger partial charge in [-0.2, -0.15) is 5.10 Å². The predicted molar refractivity (Wildman–Crippen MR) is 83.2 cm³/mol. The smallest absolute Gasteiger partial charge is 0.179 e. The van der Waals surface area contributed by atoms with Crippen molar-refractivity contribution in [3.8, 4) is 0 Å². The van der Waals surface area contributed by atoms with Crippen LogP contribution in [-0.4, -0.2) is 39.3 Å². The zero-order valence-corrected chi connectivity index (χ0v) is 12.9. The summed E-state index contributed by atoms with van der Waals surface area (Å²) in [5.41, 5.74) is 7.24. The van der Waals surface area contributed by atoms with Crippen molar-refractivity contribution in [3.05, 3.63) is 12.4 Å². The van der Waals surface area contributed by atoms with E-state index in [0.29, 0.717) is 12.4 Å². The average molecular weight is 305 g/mol. The molecule has 7 nitrogen and oxygen atoms in total. The van der Waals surface area contributed by atoms with E-state index in [1.165, 1.54) is 6.42 Å². The number of ether oxygens (including phenoxy) is 2. The third kappa shape index (κ3) is 3.36. The maximum Gasteiger partial charge on any atom is 0.179 e. The van der Waals surface area contributed by atoms with Crippen LogP contribution in [0.3, 0.4) is 0 Å². The van der Waals surface area contributed by atoms with Crippen LogP contribution in [0.5, 0.6) is 0 Å². The fraction of sp³-hybridized carbons (Fsp3) is 0.667. The van der Waals surface area contributed by atoms with Crippen molar-refractivity contribution in [2.45, 2.75) is 51.4 Å². The maximum atomic E-state index is 5.83. The van der Waals surface area contributed by atoms with E-state index in [9.17, 15) is 0 Å². The summed E-state index contributed by atoms with van der Waals surface area (Å²) >= 11 is 0. The van der Waals surface area contributed by atoms with Gasteiger partial charge in [0.05, 0.1) is 25.0 Å². The van der Waals surface area contributed by atoms with Gasteiger partial charge in [0.15, 0.2) is 11.9 Å². The minimum absolute atomic E-state index is 0.0453. The van der Waals surface area contributed by atoms with E-state index in [-0.39, 0.29) is 12.3 Å². The number of nitrogens with zero attached hydrogens (tertiary/aromatic N) is 4. The molecule has 3 rings (SSSR count). The van der Waals surface area contributed by atoms with E-state index in [0.717, 1.165) is 43.5 Å². The standard InChI is InChI=1S/C15H23N5O2/c1-2-11(6-8-22-14-5-3-4-7-21-14)20-15-12(9-18-20)17-10-13(16)19-15/h9-11,14H,2-8H2,1H3,(H2,16,19). The second-order valence-electron chi connectivity index (χ2n) is 5.61. The Balaban J connectivity index is 1.63. The zero-order valence-electron chi connectivity index (χ0n) is 12.9. The summed E-state index contributed by atoms with van der Waals surface area (Å²) in [6.45, 7) is 3.59. The predicted octanol–water partition coefficient (Wildman–Crippen LogP) is 2.29. The Labute approximate surface area is 129 Å². The molecule has 2 aromatic heterocycles. The van der Waals surface area contributed by atoms with Crippen molar-refractivity contribution in [2.75, 3.05) is 18.9 Å². The third-order valence-electron chi connectivity index (χ3n) is 4.03. The average Bonchev–Trinajstić information content (AvgIpc) is 2.95. The molecule has 0 aromatic carbocycles. The highest BCUT2D eigenvalue weighted by Crippen LogP contribution is 2.22. The topological polar surface area (TPSA) is 88.1 Å². The number of anilines is 1. The van der Waals surface area contributed by atoms with Crippen LogP contribution in [-0.2, 0) is 9.47 Å². The molecule has 1 aliphatic heterocycles. The Morgan fingerprint density at radius 1 is 1.45 bits per heavy atom. The molecular weight excluding hydrogens is 282 g/mol. The monoisotopic (exact) mass is 305 g/mol. The molecule has 2 aromatic rings. The largest absolute Gasteiger partial charge is 0.382 e. The molecule has 1 fully saturated rings. The van der Waals surface area contributed by atoms with Crippen molar-refractivity contribution < 1.29 is 9.47 Å². The molecule has 0 aliphatic carbocycles. The third-order valence-corrected chi connectivity index (χ3v) is 4.03. The van der Waals surface area contributed by atoms with Gasteiger partial charge in [-0.05, 0) is 32.1 Å². The van der Waals surface area contributed by atoms with Gasteiger partial charge in [-0.1, -0.05) is 6.92 Å². The van der Waals surface area contributed by atoms with Crippen LogP contribution in [0.25, 0.3) is 11.2 Å². The van der Waals surface area contributed by atoms with Gasteiger partial charge < -0.3 is 15.2 Å². The Kier molecular flexibility index (Phi) is 4.84. The molecule has 0 amide bonds. The van der Waals surface area contributed by atoms with Crippen LogP contribution in [0, 0.1) is 0 Å². The molecule has 22 heavy (non-hydrogen) atoms. The van der Waals surface area contributed by atoms with Gasteiger partial charge in [0, 0.05) is 6.61 Å². The Hall–Kier alpha value is -1.73. The van der Waals surface area contributed by atoms with Gasteiger partial charge in [0.2, 0.25) is 0 Å². The van der Waals surface area contributed by atoms with Crippen molar-refractivity contribution in [2.24, 2.45) is 0 Å². The number of aromatic nitrogens is 4. The Morgan fingerprint density at radius 2 is 2.36 bits per heavy atom. The molecule has 2 atom stereocenters. The first-order chi connectivity index (χ1) is 10.8. The summed E-state index contributed by atoms with van der Waals surface area (Å²) in [5.74, 6) is 0.413. The van der Waals surface area contributed by atoms with Gasteiger partial charge in [-0.3, -0.25) is 0 Å². The summed E-state index contributed by atoms with van der Waals surface area (Å²) in [6, 6.07) is 0.220. The lowest BCUT2D eigenvalue weighted by Gasteiger charge is -2.24. The van der Waals surface area contributed by atoms with Crippen molar-refractivity contribution in [1.82, 2.24) is 19.7 Å². The molecule has 3 heterocycles. The van der Waals surface area contributed by atoms with Gasteiger partial charge in [0.1, 0.15) is 11.3 Å². The van der Waals surface area contributed by atoms with Crippen LogP contribution in [0.4, 0.5) is 5.82 Å². The summed E-state index contributed by atoms with van der Waals surface area (Å²) in [4.78, 5) is 8.60. The fourth-order valence-electron chi connectivity index (χ4n) is 2.78. The van der Waals surface area contributed by atoms with Crippen LogP contribution in [0.2, 0.25) is 0 Å². The van der Waals surface area contributed by atoms with Crippen LogP contribution < -0.4 is 5.73 Å². The highest BCUT2D eigenvalue weighted by atomic mass is 16.7. The Morgan fingerprint density at radius 3 is 3.14 bits per heavy atom. The molecule has 0 spiro atoms. The van der Waals surface area contributed by atoms with E-state index in [1.807, 2.05) is 4.68 Å². The lowest BCUT2D eigenvalue weighted by atomic mass is 10.1. The fourth-order valence-corrected chi connectivity index (χ4v) is 2.78. The summed E-state index contributed by atoms with van der Waals surface area (Å²) in [6.07, 6.45) is 8.36. The normalized spacial score (nSPS) is 20.3. The molecular formula is C15H23N5O2. The molecule has 2 N–H and O–H groups in total. The van der Waals surface area contributed by atoms with Crippen LogP contribution in [0.1, 0.15) is 45.1 Å². The first-order valence-corrected chi connectivity index (χ1v) is 7.97. The van der Waals surface area contributed by atoms with Crippen molar-refractivity contribution >= 4 is 17.0 Å². The van der Waals surface area contributed by atoms with Gasteiger partial charge in [-0.25, -0.2) is 14.6 Å². The number of hydrogen-bond donors (Lipinski definition) is 1.